The van der Waals surface area contributed by atoms with E-state index in [1.165, 1.54) is 30.0 Å². The molecule has 1 N–H and O–H groups in total. The highest BCUT2D eigenvalue weighted by Crippen LogP contribution is 1.94. The second kappa shape index (κ2) is 7.79. The molecule has 0 bridgehead atoms. The number of aromatic nitrogens is 2. The van der Waals surface area contributed by atoms with Gasteiger partial charge in [-0.1, -0.05) is 30.0 Å². The fourth-order valence-electron chi connectivity index (χ4n) is 1.97. The molecule has 24 heavy (non-hydrogen) atoms. The predicted molar refractivity (Wildman–Crippen MR) is 92.3 cm³/mol. The number of carbonyl (C=O) groups is 1. The van der Waals surface area contributed by atoms with Crippen molar-refractivity contribution in [3.63, 3.8) is 0 Å². The van der Waals surface area contributed by atoms with Crippen molar-refractivity contribution in [2.45, 2.75) is 0 Å². The van der Waals surface area contributed by atoms with E-state index >= 15 is 0 Å². The van der Waals surface area contributed by atoms with Crippen molar-refractivity contribution in [1.29, 1.82) is 0 Å². The first-order chi connectivity index (χ1) is 11.5. The third-order valence-electron chi connectivity index (χ3n) is 3.24. The zero-order valence-corrected chi connectivity index (χ0v) is 13.4. The SMILES string of the molecule is Cn1cc(/C=C/C(=O)NCC#Cc2ccccc2)c(=O)n(C)c1=O. The monoisotopic (exact) mass is 323 g/mol. The van der Waals surface area contributed by atoms with Crippen LogP contribution in [0.3, 0.4) is 0 Å². The quantitative estimate of drug-likeness (QED) is 0.651. The van der Waals surface area contributed by atoms with Crippen molar-refractivity contribution in [3.8, 4) is 11.8 Å². The van der Waals surface area contributed by atoms with Crippen LogP contribution in [0.25, 0.3) is 6.08 Å². The summed E-state index contributed by atoms with van der Waals surface area (Å²) in [6.07, 6.45) is 4.01. The lowest BCUT2D eigenvalue weighted by atomic mass is 10.2. The Morgan fingerprint density at radius 1 is 1.21 bits per heavy atom. The fraction of sp³-hybridized carbons (Fsp3) is 0.167. The molecule has 1 amide bonds. The summed E-state index contributed by atoms with van der Waals surface area (Å²) in [7, 11) is 2.93. The summed E-state index contributed by atoms with van der Waals surface area (Å²) in [5.74, 6) is 5.40. The van der Waals surface area contributed by atoms with Gasteiger partial charge in [-0.05, 0) is 18.2 Å². The predicted octanol–water partition coefficient (Wildman–Crippen LogP) is 0.265. The minimum Gasteiger partial charge on any atom is -0.342 e. The van der Waals surface area contributed by atoms with Crippen molar-refractivity contribution in [2.24, 2.45) is 14.1 Å². The van der Waals surface area contributed by atoms with Crippen molar-refractivity contribution in [2.75, 3.05) is 6.54 Å². The summed E-state index contributed by atoms with van der Waals surface area (Å²) in [5, 5.41) is 2.61. The Balaban J connectivity index is 1.98. The van der Waals surface area contributed by atoms with E-state index in [0.717, 1.165) is 10.1 Å². The number of nitrogens with zero attached hydrogens (tertiary/aromatic N) is 2. The molecule has 1 aromatic carbocycles. The maximum Gasteiger partial charge on any atom is 0.330 e. The van der Waals surface area contributed by atoms with Gasteiger partial charge in [0.1, 0.15) is 0 Å². The number of rotatable bonds is 3. The van der Waals surface area contributed by atoms with E-state index in [0.29, 0.717) is 0 Å². The van der Waals surface area contributed by atoms with Gasteiger partial charge in [0, 0.05) is 31.9 Å². The average Bonchev–Trinajstić information content (AvgIpc) is 2.59. The number of nitrogens with one attached hydrogen (secondary N) is 1. The van der Waals surface area contributed by atoms with E-state index in [2.05, 4.69) is 17.2 Å². The second-order valence-electron chi connectivity index (χ2n) is 5.06. The van der Waals surface area contributed by atoms with Crippen LogP contribution in [0, 0.1) is 11.8 Å². The van der Waals surface area contributed by atoms with E-state index in [1.54, 1.807) is 7.05 Å². The molecule has 0 saturated heterocycles. The molecular formula is C18H17N3O3. The van der Waals surface area contributed by atoms with Gasteiger partial charge in [-0.3, -0.25) is 14.2 Å². The number of hydrogen-bond acceptors (Lipinski definition) is 3. The van der Waals surface area contributed by atoms with Crippen LogP contribution in [0.5, 0.6) is 0 Å². The van der Waals surface area contributed by atoms with Gasteiger partial charge in [0.25, 0.3) is 5.56 Å². The first-order valence-corrected chi connectivity index (χ1v) is 7.25. The maximum absolute atomic E-state index is 11.9. The zero-order chi connectivity index (χ0) is 17.5. The van der Waals surface area contributed by atoms with Gasteiger partial charge in [-0.2, -0.15) is 0 Å². The molecule has 0 aliphatic carbocycles. The topological polar surface area (TPSA) is 73.1 Å². The van der Waals surface area contributed by atoms with E-state index in [-0.39, 0.29) is 18.0 Å². The number of benzene rings is 1. The van der Waals surface area contributed by atoms with Crippen LogP contribution >= 0.6 is 0 Å². The lowest BCUT2D eigenvalue weighted by molar-refractivity contribution is -0.116. The van der Waals surface area contributed by atoms with Crippen LogP contribution in [0.2, 0.25) is 0 Å². The van der Waals surface area contributed by atoms with Crippen LogP contribution in [0.1, 0.15) is 11.1 Å². The number of hydrogen-bond donors (Lipinski definition) is 1. The molecule has 2 aromatic rings. The molecule has 6 heteroatoms. The van der Waals surface area contributed by atoms with Gasteiger partial charge >= 0.3 is 5.69 Å². The normalized spacial score (nSPS) is 10.2. The van der Waals surface area contributed by atoms with Crippen LogP contribution in [-0.2, 0) is 18.9 Å². The minimum atomic E-state index is -0.453. The summed E-state index contributed by atoms with van der Waals surface area (Å²) < 4.78 is 2.27. The van der Waals surface area contributed by atoms with Crippen LogP contribution in [-0.4, -0.2) is 21.6 Å². The molecule has 1 heterocycles. The molecule has 0 fully saturated rings. The summed E-state index contributed by atoms with van der Waals surface area (Å²) in [4.78, 5) is 35.2. The Labute approximate surface area is 139 Å². The summed E-state index contributed by atoms with van der Waals surface area (Å²) >= 11 is 0. The van der Waals surface area contributed by atoms with Gasteiger partial charge in [0.05, 0.1) is 12.1 Å². The molecule has 0 radical (unpaired) electrons. The molecule has 0 unspecified atom stereocenters. The average molecular weight is 323 g/mol. The second-order valence-corrected chi connectivity index (χ2v) is 5.06. The third-order valence-corrected chi connectivity index (χ3v) is 3.24. The van der Waals surface area contributed by atoms with Crippen LogP contribution in [0.15, 0.2) is 52.2 Å². The van der Waals surface area contributed by atoms with Gasteiger partial charge in [0.2, 0.25) is 5.91 Å². The van der Waals surface area contributed by atoms with Crippen LogP contribution < -0.4 is 16.6 Å². The highest BCUT2D eigenvalue weighted by molar-refractivity contribution is 5.91. The zero-order valence-electron chi connectivity index (χ0n) is 13.4. The van der Waals surface area contributed by atoms with E-state index < -0.39 is 11.2 Å². The van der Waals surface area contributed by atoms with Gasteiger partial charge in [-0.15, -0.1) is 0 Å². The highest BCUT2D eigenvalue weighted by Gasteiger charge is 2.04. The van der Waals surface area contributed by atoms with Crippen LogP contribution in [0.4, 0.5) is 0 Å². The summed E-state index contributed by atoms with van der Waals surface area (Å²) in [6, 6.07) is 9.44. The van der Waals surface area contributed by atoms with Crippen molar-refractivity contribution >= 4 is 12.0 Å². The van der Waals surface area contributed by atoms with E-state index in [9.17, 15) is 14.4 Å². The Morgan fingerprint density at radius 2 is 1.92 bits per heavy atom. The first-order valence-electron chi connectivity index (χ1n) is 7.25. The Morgan fingerprint density at radius 3 is 2.62 bits per heavy atom. The molecule has 0 aliphatic heterocycles. The maximum atomic E-state index is 11.9. The largest absolute Gasteiger partial charge is 0.342 e. The standard InChI is InChI=1S/C18H17N3O3/c1-20-13-15(17(23)21(2)18(20)24)10-11-16(22)19-12-6-9-14-7-4-3-5-8-14/h3-5,7-8,10-11,13H,12H2,1-2H3,(H,19,22)/b11-10+. The molecule has 0 aliphatic rings. The molecular weight excluding hydrogens is 306 g/mol. The van der Waals surface area contributed by atoms with Crippen molar-refractivity contribution in [3.05, 3.63) is 74.6 Å². The Bertz CT molecular complexity index is 941. The summed E-state index contributed by atoms with van der Waals surface area (Å²) in [5.41, 5.74) is 0.255. The van der Waals surface area contributed by atoms with Gasteiger partial charge in [0.15, 0.2) is 0 Å². The highest BCUT2D eigenvalue weighted by atomic mass is 16.2. The third kappa shape index (κ3) is 4.34. The van der Waals surface area contributed by atoms with Crippen molar-refractivity contribution in [1.82, 2.24) is 14.5 Å². The molecule has 0 saturated carbocycles. The lowest BCUT2D eigenvalue weighted by Gasteiger charge is -2.03. The van der Waals surface area contributed by atoms with Gasteiger partial charge in [-0.25, -0.2) is 4.79 Å². The smallest absolute Gasteiger partial charge is 0.330 e. The Kier molecular flexibility index (Phi) is 5.53. The molecule has 6 nitrogen and oxygen atoms in total. The molecule has 122 valence electrons. The number of carbonyl (C=O) groups excluding carboxylic acids is 1. The molecule has 2 rings (SSSR count). The van der Waals surface area contributed by atoms with Crippen molar-refractivity contribution < 1.29 is 4.79 Å². The number of aryl methyl sites for hydroxylation is 1. The Hall–Kier alpha value is -3.33. The molecule has 1 aromatic heterocycles. The number of amides is 1. The first kappa shape index (κ1) is 17.0. The van der Waals surface area contributed by atoms with Gasteiger partial charge < -0.3 is 9.88 Å². The van der Waals surface area contributed by atoms with E-state index in [1.807, 2.05) is 30.3 Å². The molecule has 0 atom stereocenters. The lowest BCUT2D eigenvalue weighted by Crippen LogP contribution is -2.37. The van der Waals surface area contributed by atoms with E-state index in [4.69, 9.17) is 0 Å². The summed E-state index contributed by atoms with van der Waals surface area (Å²) in [6.45, 7) is 0.198. The molecule has 0 spiro atoms. The fourth-order valence-corrected chi connectivity index (χ4v) is 1.97. The minimum absolute atomic E-state index is 0.198.